The van der Waals surface area contributed by atoms with Crippen molar-refractivity contribution in [1.29, 1.82) is 0 Å². The van der Waals surface area contributed by atoms with Gasteiger partial charge in [-0.15, -0.1) is 0 Å². The average Bonchev–Trinajstić information content (AvgIpc) is 2.56. The Kier molecular flexibility index (Phi) is 4.19. The monoisotopic (exact) mass is 308 g/mol. The van der Waals surface area contributed by atoms with Crippen LogP contribution in [0.5, 0.6) is 0 Å². The van der Waals surface area contributed by atoms with E-state index >= 15 is 0 Å². The van der Waals surface area contributed by atoms with Gasteiger partial charge in [0.2, 0.25) is 0 Å². The summed E-state index contributed by atoms with van der Waals surface area (Å²) in [6.07, 6.45) is 2.23. The Morgan fingerprint density at radius 2 is 1.87 bits per heavy atom. The van der Waals surface area contributed by atoms with E-state index in [9.17, 15) is 9.59 Å². The normalized spacial score (nSPS) is 10.8. The molecule has 5 nitrogen and oxygen atoms in total. The van der Waals surface area contributed by atoms with E-state index in [1.807, 2.05) is 18.2 Å². The van der Waals surface area contributed by atoms with Crippen LogP contribution in [0.25, 0.3) is 11.0 Å². The lowest BCUT2D eigenvalue weighted by atomic mass is 10.1. The Morgan fingerprint density at radius 3 is 2.61 bits per heavy atom. The number of hydrogen-bond acceptors (Lipinski definition) is 3. The van der Waals surface area contributed by atoms with E-state index in [0.717, 1.165) is 12.8 Å². The number of H-pyrrole nitrogens is 1. The number of aromatic carboxylic acids is 1. The summed E-state index contributed by atoms with van der Waals surface area (Å²) in [6.45, 7) is 0. The Balaban J connectivity index is 1.81. The first-order chi connectivity index (χ1) is 11.1. The molecule has 2 aromatic carbocycles. The van der Waals surface area contributed by atoms with Crippen molar-refractivity contribution in [2.24, 2.45) is 0 Å². The fourth-order valence-electron chi connectivity index (χ4n) is 2.53. The Morgan fingerprint density at radius 1 is 1.09 bits per heavy atom. The maximum Gasteiger partial charge on any atom is 0.335 e. The van der Waals surface area contributed by atoms with Crippen molar-refractivity contribution < 1.29 is 9.90 Å². The number of carboxylic acids is 1. The van der Waals surface area contributed by atoms with Crippen molar-refractivity contribution in [3.05, 3.63) is 75.7 Å². The number of fused-ring (bicyclic) bond motifs is 1. The molecule has 1 heterocycles. The topological polar surface area (TPSA) is 83.0 Å². The number of aromatic nitrogens is 2. The third-order valence-electron chi connectivity index (χ3n) is 3.73. The Labute approximate surface area is 132 Å². The molecule has 0 bridgehead atoms. The van der Waals surface area contributed by atoms with Gasteiger partial charge in [-0.25, -0.2) is 9.78 Å². The molecular weight excluding hydrogens is 292 g/mol. The third kappa shape index (κ3) is 3.45. The summed E-state index contributed by atoms with van der Waals surface area (Å²) >= 11 is 0. The van der Waals surface area contributed by atoms with Gasteiger partial charge in [0, 0.05) is 0 Å². The molecule has 0 saturated carbocycles. The number of carboxylic acid groups (broad SMARTS) is 1. The molecule has 0 aliphatic heterocycles. The standard InChI is InChI=1S/C18H16N2O3/c21-17-15(8-4-7-12-5-2-1-3-6-12)19-16-11-13(18(22)23)9-10-14(16)20-17/h1-3,5-6,9-11H,4,7-8H2,(H,20,21)(H,22,23). The molecule has 0 aliphatic rings. The van der Waals surface area contributed by atoms with Gasteiger partial charge in [-0.2, -0.15) is 0 Å². The molecule has 1 aromatic heterocycles. The Bertz CT molecular complexity index is 901. The second kappa shape index (κ2) is 6.44. The molecule has 0 saturated heterocycles. The van der Waals surface area contributed by atoms with E-state index in [-0.39, 0.29) is 11.1 Å². The van der Waals surface area contributed by atoms with Crippen LogP contribution in [0.3, 0.4) is 0 Å². The van der Waals surface area contributed by atoms with Crippen molar-refractivity contribution >= 4 is 17.0 Å². The van der Waals surface area contributed by atoms with Crippen LogP contribution in [0.4, 0.5) is 0 Å². The maximum atomic E-state index is 12.1. The van der Waals surface area contributed by atoms with Crippen LogP contribution >= 0.6 is 0 Å². The molecule has 0 fully saturated rings. The highest BCUT2D eigenvalue weighted by Gasteiger charge is 2.08. The average molecular weight is 308 g/mol. The minimum Gasteiger partial charge on any atom is -0.478 e. The highest BCUT2D eigenvalue weighted by atomic mass is 16.4. The van der Waals surface area contributed by atoms with E-state index in [2.05, 4.69) is 22.1 Å². The molecule has 5 heteroatoms. The predicted octanol–water partition coefficient (Wildman–Crippen LogP) is 2.80. The Hall–Kier alpha value is -2.95. The van der Waals surface area contributed by atoms with Gasteiger partial charge in [-0.05, 0) is 43.0 Å². The molecule has 23 heavy (non-hydrogen) atoms. The lowest BCUT2D eigenvalue weighted by Gasteiger charge is -2.04. The zero-order valence-electron chi connectivity index (χ0n) is 12.5. The largest absolute Gasteiger partial charge is 0.478 e. The number of hydrogen-bond donors (Lipinski definition) is 2. The van der Waals surface area contributed by atoms with Crippen molar-refractivity contribution in [2.45, 2.75) is 19.3 Å². The molecule has 0 radical (unpaired) electrons. The first kappa shape index (κ1) is 15.0. The van der Waals surface area contributed by atoms with Crippen LogP contribution in [-0.2, 0) is 12.8 Å². The molecule has 0 aliphatic carbocycles. The highest BCUT2D eigenvalue weighted by molar-refractivity contribution is 5.92. The SMILES string of the molecule is O=C(O)c1ccc2[nH]c(=O)c(CCCc3ccccc3)nc2c1. The van der Waals surface area contributed by atoms with Crippen LogP contribution < -0.4 is 5.56 Å². The lowest BCUT2D eigenvalue weighted by Crippen LogP contribution is -2.15. The fourth-order valence-corrected chi connectivity index (χ4v) is 2.53. The van der Waals surface area contributed by atoms with E-state index in [1.165, 1.54) is 17.7 Å². The summed E-state index contributed by atoms with van der Waals surface area (Å²) in [5, 5.41) is 9.04. The van der Waals surface area contributed by atoms with Gasteiger partial charge < -0.3 is 10.1 Å². The van der Waals surface area contributed by atoms with E-state index < -0.39 is 5.97 Å². The minimum absolute atomic E-state index is 0.160. The van der Waals surface area contributed by atoms with Crippen LogP contribution in [0.1, 0.15) is 28.0 Å². The summed E-state index contributed by atoms with van der Waals surface area (Å²) in [5.41, 5.74) is 2.65. The summed E-state index contributed by atoms with van der Waals surface area (Å²) < 4.78 is 0. The zero-order valence-corrected chi connectivity index (χ0v) is 12.5. The van der Waals surface area contributed by atoms with Gasteiger partial charge in [-0.3, -0.25) is 4.79 Å². The van der Waals surface area contributed by atoms with Crippen LogP contribution in [0.15, 0.2) is 53.3 Å². The smallest absolute Gasteiger partial charge is 0.335 e. The number of rotatable bonds is 5. The third-order valence-corrected chi connectivity index (χ3v) is 3.73. The number of nitrogens with one attached hydrogen (secondary N) is 1. The molecule has 0 amide bonds. The maximum absolute atomic E-state index is 12.1. The molecule has 3 aromatic rings. The van der Waals surface area contributed by atoms with Gasteiger partial charge in [-0.1, -0.05) is 30.3 Å². The van der Waals surface area contributed by atoms with E-state index in [1.54, 1.807) is 6.07 Å². The summed E-state index contributed by atoms with van der Waals surface area (Å²) in [7, 11) is 0. The van der Waals surface area contributed by atoms with Crippen molar-refractivity contribution in [2.75, 3.05) is 0 Å². The first-order valence-corrected chi connectivity index (χ1v) is 7.43. The fraction of sp³-hybridized carbons (Fsp3) is 0.167. The number of aryl methyl sites for hydroxylation is 2. The molecular formula is C18H16N2O3. The van der Waals surface area contributed by atoms with Gasteiger partial charge in [0.05, 0.1) is 16.6 Å². The molecule has 0 atom stereocenters. The van der Waals surface area contributed by atoms with Crippen LogP contribution in [-0.4, -0.2) is 21.0 Å². The van der Waals surface area contributed by atoms with E-state index in [4.69, 9.17) is 5.11 Å². The predicted molar refractivity (Wildman–Crippen MR) is 87.8 cm³/mol. The highest BCUT2D eigenvalue weighted by Crippen LogP contribution is 2.12. The molecule has 0 spiro atoms. The molecule has 116 valence electrons. The zero-order chi connectivity index (χ0) is 16.2. The summed E-state index contributed by atoms with van der Waals surface area (Å²) in [5.74, 6) is -1.01. The summed E-state index contributed by atoms with van der Waals surface area (Å²) in [6, 6.07) is 14.6. The number of aromatic amines is 1. The second-order valence-electron chi connectivity index (χ2n) is 5.39. The molecule has 2 N–H and O–H groups in total. The van der Waals surface area contributed by atoms with Crippen LogP contribution in [0.2, 0.25) is 0 Å². The molecule has 3 rings (SSSR count). The van der Waals surface area contributed by atoms with Gasteiger partial charge in [0.15, 0.2) is 0 Å². The van der Waals surface area contributed by atoms with Gasteiger partial charge in [0.25, 0.3) is 5.56 Å². The van der Waals surface area contributed by atoms with Crippen LogP contribution in [0, 0.1) is 0 Å². The van der Waals surface area contributed by atoms with Gasteiger partial charge in [0.1, 0.15) is 5.69 Å². The number of benzene rings is 2. The first-order valence-electron chi connectivity index (χ1n) is 7.43. The quantitative estimate of drug-likeness (QED) is 0.759. The second-order valence-corrected chi connectivity index (χ2v) is 5.39. The van der Waals surface area contributed by atoms with E-state index in [0.29, 0.717) is 23.1 Å². The van der Waals surface area contributed by atoms with Gasteiger partial charge >= 0.3 is 5.97 Å². The summed E-state index contributed by atoms with van der Waals surface area (Å²) in [4.78, 5) is 30.2. The lowest BCUT2D eigenvalue weighted by molar-refractivity contribution is 0.0697. The van der Waals surface area contributed by atoms with Crippen molar-refractivity contribution in [1.82, 2.24) is 9.97 Å². The van der Waals surface area contributed by atoms with Crippen molar-refractivity contribution in [3.8, 4) is 0 Å². The van der Waals surface area contributed by atoms with Crippen molar-refractivity contribution in [3.63, 3.8) is 0 Å². The number of carbonyl (C=O) groups is 1. The molecule has 0 unspecified atom stereocenters. The number of nitrogens with zero attached hydrogens (tertiary/aromatic N) is 1. The minimum atomic E-state index is -1.01.